The van der Waals surface area contributed by atoms with Crippen molar-refractivity contribution in [2.45, 2.75) is 12.5 Å². The van der Waals surface area contributed by atoms with Crippen molar-refractivity contribution in [3.63, 3.8) is 0 Å². The molecule has 30 heavy (non-hydrogen) atoms. The van der Waals surface area contributed by atoms with Crippen molar-refractivity contribution in [2.24, 2.45) is 0 Å². The molecule has 0 radical (unpaired) electrons. The maximum atomic E-state index is 12.6. The fourth-order valence-corrected chi connectivity index (χ4v) is 3.46. The summed E-state index contributed by atoms with van der Waals surface area (Å²) in [6.45, 7) is 0.462. The topological polar surface area (TPSA) is 100 Å². The number of pyridine rings is 1. The molecule has 160 valence electrons. The highest BCUT2D eigenvalue weighted by atomic mass is 35.5. The van der Waals surface area contributed by atoms with E-state index in [1.807, 2.05) is 6.26 Å². The Morgan fingerprint density at radius 1 is 1.10 bits per heavy atom. The van der Waals surface area contributed by atoms with Crippen molar-refractivity contribution in [2.75, 3.05) is 25.1 Å². The van der Waals surface area contributed by atoms with Gasteiger partial charge in [0.05, 0.1) is 16.1 Å². The van der Waals surface area contributed by atoms with Crippen molar-refractivity contribution in [3.8, 4) is 0 Å². The largest absolute Gasteiger partial charge is 0.353 e. The van der Waals surface area contributed by atoms with E-state index in [0.717, 1.165) is 0 Å². The van der Waals surface area contributed by atoms with E-state index in [1.54, 1.807) is 36.2 Å². The van der Waals surface area contributed by atoms with Crippen molar-refractivity contribution < 1.29 is 14.4 Å². The fraction of sp³-hybridized carbons (Fsp3) is 0.300. The van der Waals surface area contributed by atoms with Crippen molar-refractivity contribution in [1.29, 1.82) is 0 Å². The molecular weight excluding hydrogens is 447 g/mol. The number of nitrogens with zero attached hydrogens (tertiary/aromatic N) is 1. The standard InChI is InChI=1S/C20H22Cl2N4O3S/c1-30-10-6-17(26-19(28)15-5-4-14(21)11-16(15)22)20(29)25-9-8-24-18(27)13-3-2-7-23-12-13/h2-5,7,11-12,17H,6,8-10H2,1H3,(H,24,27)(H,25,29)(H,26,28). The number of thioether (sulfide) groups is 1. The van der Waals surface area contributed by atoms with E-state index in [-0.39, 0.29) is 35.5 Å². The molecule has 2 rings (SSSR count). The second-order valence-corrected chi connectivity index (χ2v) is 8.05. The third-order valence-corrected chi connectivity index (χ3v) is 5.23. The van der Waals surface area contributed by atoms with Gasteiger partial charge in [-0.3, -0.25) is 19.4 Å². The molecule has 7 nitrogen and oxygen atoms in total. The molecule has 0 aliphatic heterocycles. The highest BCUT2D eigenvalue weighted by molar-refractivity contribution is 7.98. The summed E-state index contributed by atoms with van der Waals surface area (Å²) in [5.74, 6) is -0.382. The summed E-state index contributed by atoms with van der Waals surface area (Å²) in [6.07, 6.45) is 5.41. The molecule has 0 bridgehead atoms. The second kappa shape index (κ2) is 12.4. The lowest BCUT2D eigenvalue weighted by Gasteiger charge is -2.19. The quantitative estimate of drug-likeness (QED) is 0.465. The van der Waals surface area contributed by atoms with Crippen LogP contribution in [0.4, 0.5) is 0 Å². The summed E-state index contributed by atoms with van der Waals surface area (Å²) in [6, 6.07) is 7.13. The number of amides is 3. The predicted molar refractivity (Wildman–Crippen MR) is 120 cm³/mol. The van der Waals surface area contributed by atoms with Gasteiger partial charge in [-0.25, -0.2) is 0 Å². The van der Waals surface area contributed by atoms with Crippen LogP contribution in [0.1, 0.15) is 27.1 Å². The monoisotopic (exact) mass is 468 g/mol. The Morgan fingerprint density at radius 3 is 2.53 bits per heavy atom. The average Bonchev–Trinajstić information content (AvgIpc) is 2.74. The maximum absolute atomic E-state index is 12.6. The van der Waals surface area contributed by atoms with Crippen LogP contribution in [0, 0.1) is 0 Å². The average molecular weight is 469 g/mol. The smallest absolute Gasteiger partial charge is 0.253 e. The third kappa shape index (κ3) is 7.51. The molecule has 1 unspecified atom stereocenters. The highest BCUT2D eigenvalue weighted by Gasteiger charge is 2.22. The number of benzene rings is 1. The predicted octanol–water partition coefficient (Wildman–Crippen LogP) is 2.79. The number of hydrogen-bond donors (Lipinski definition) is 3. The van der Waals surface area contributed by atoms with Crippen LogP contribution in [-0.4, -0.2) is 53.8 Å². The molecule has 1 atom stereocenters. The molecule has 0 saturated heterocycles. The summed E-state index contributed by atoms with van der Waals surface area (Å²) in [4.78, 5) is 41.0. The van der Waals surface area contributed by atoms with E-state index in [2.05, 4.69) is 20.9 Å². The lowest BCUT2D eigenvalue weighted by Crippen LogP contribution is -2.48. The van der Waals surface area contributed by atoms with Gasteiger partial charge in [0.25, 0.3) is 11.8 Å². The van der Waals surface area contributed by atoms with Crippen molar-refractivity contribution in [3.05, 3.63) is 63.9 Å². The lowest BCUT2D eigenvalue weighted by atomic mass is 10.1. The normalized spacial score (nSPS) is 11.4. The number of carbonyl (C=O) groups excluding carboxylic acids is 3. The van der Waals surface area contributed by atoms with Gasteiger partial charge < -0.3 is 16.0 Å². The van der Waals surface area contributed by atoms with Crippen molar-refractivity contribution >= 4 is 52.7 Å². The van der Waals surface area contributed by atoms with E-state index >= 15 is 0 Å². The lowest BCUT2D eigenvalue weighted by molar-refractivity contribution is -0.122. The van der Waals surface area contributed by atoms with Gasteiger partial charge >= 0.3 is 0 Å². The minimum Gasteiger partial charge on any atom is -0.353 e. The van der Waals surface area contributed by atoms with Gasteiger partial charge in [-0.2, -0.15) is 11.8 Å². The molecule has 0 aliphatic carbocycles. The third-order valence-electron chi connectivity index (χ3n) is 4.04. The van der Waals surface area contributed by atoms with Crippen LogP contribution in [0.25, 0.3) is 0 Å². The zero-order valence-corrected chi connectivity index (χ0v) is 18.6. The summed E-state index contributed by atoms with van der Waals surface area (Å²) in [7, 11) is 0. The van der Waals surface area contributed by atoms with E-state index in [9.17, 15) is 14.4 Å². The zero-order valence-electron chi connectivity index (χ0n) is 16.3. The summed E-state index contributed by atoms with van der Waals surface area (Å²) in [5.41, 5.74) is 0.681. The Labute approximate surface area is 189 Å². The molecule has 3 N–H and O–H groups in total. The zero-order chi connectivity index (χ0) is 21.9. The maximum Gasteiger partial charge on any atom is 0.253 e. The number of aromatic nitrogens is 1. The Kier molecular flexibility index (Phi) is 9.93. The first-order valence-corrected chi connectivity index (χ1v) is 11.3. The van der Waals surface area contributed by atoms with Crippen LogP contribution in [0.3, 0.4) is 0 Å². The van der Waals surface area contributed by atoms with Gasteiger partial charge in [0.2, 0.25) is 5.91 Å². The first-order chi connectivity index (χ1) is 14.4. The SMILES string of the molecule is CSCCC(NC(=O)c1ccc(Cl)cc1Cl)C(=O)NCCNC(=O)c1cccnc1. The Bertz CT molecular complexity index is 884. The van der Waals surface area contributed by atoms with E-state index in [4.69, 9.17) is 23.2 Å². The molecule has 0 fully saturated rings. The molecule has 1 aromatic carbocycles. The van der Waals surface area contributed by atoms with Gasteiger partial charge in [-0.1, -0.05) is 23.2 Å². The summed E-state index contributed by atoms with van der Waals surface area (Å²) >= 11 is 13.5. The number of carbonyl (C=O) groups is 3. The molecule has 1 aromatic heterocycles. The van der Waals surface area contributed by atoms with E-state index in [1.165, 1.54) is 18.3 Å². The highest BCUT2D eigenvalue weighted by Crippen LogP contribution is 2.21. The second-order valence-electron chi connectivity index (χ2n) is 6.22. The summed E-state index contributed by atoms with van der Waals surface area (Å²) in [5, 5.41) is 8.78. The molecule has 0 spiro atoms. The van der Waals surface area contributed by atoms with Gasteiger partial charge in [0.1, 0.15) is 6.04 Å². The minimum absolute atomic E-state index is 0.210. The molecule has 3 amide bonds. The molecule has 1 heterocycles. The Morgan fingerprint density at radius 2 is 1.87 bits per heavy atom. The van der Waals surface area contributed by atoms with E-state index in [0.29, 0.717) is 22.8 Å². The number of hydrogen-bond acceptors (Lipinski definition) is 5. The van der Waals surface area contributed by atoms with Crippen LogP contribution in [0.5, 0.6) is 0 Å². The molecule has 2 aromatic rings. The van der Waals surface area contributed by atoms with Gasteiger partial charge in [-0.15, -0.1) is 0 Å². The van der Waals surface area contributed by atoms with Crippen molar-refractivity contribution in [1.82, 2.24) is 20.9 Å². The Hall–Kier alpha value is -2.29. The first-order valence-electron chi connectivity index (χ1n) is 9.13. The number of halogens is 2. The van der Waals surface area contributed by atoms with Gasteiger partial charge in [-0.05, 0) is 48.8 Å². The first kappa shape index (κ1) is 24.0. The van der Waals surface area contributed by atoms with E-state index < -0.39 is 11.9 Å². The van der Waals surface area contributed by atoms with Crippen LogP contribution < -0.4 is 16.0 Å². The van der Waals surface area contributed by atoms with Crippen LogP contribution in [-0.2, 0) is 4.79 Å². The van der Waals surface area contributed by atoms with Crippen LogP contribution in [0.15, 0.2) is 42.7 Å². The molecule has 0 saturated carbocycles. The molecule has 0 aliphatic rings. The Balaban J connectivity index is 1.88. The minimum atomic E-state index is -0.731. The fourth-order valence-electron chi connectivity index (χ4n) is 2.50. The summed E-state index contributed by atoms with van der Waals surface area (Å²) < 4.78 is 0. The van der Waals surface area contributed by atoms with Crippen LogP contribution in [0.2, 0.25) is 10.0 Å². The van der Waals surface area contributed by atoms with Crippen LogP contribution >= 0.6 is 35.0 Å². The molecule has 10 heteroatoms. The molecular formula is C20H22Cl2N4O3S. The van der Waals surface area contributed by atoms with Gasteiger partial charge in [0.15, 0.2) is 0 Å². The number of rotatable bonds is 10. The number of nitrogens with one attached hydrogen (secondary N) is 3. The van der Waals surface area contributed by atoms with Gasteiger partial charge in [0, 0.05) is 30.5 Å².